The Bertz CT molecular complexity index is 1190. The van der Waals surface area contributed by atoms with Crippen LogP contribution in [0.2, 0.25) is 0 Å². The first-order valence-corrected chi connectivity index (χ1v) is 11.2. The van der Waals surface area contributed by atoms with E-state index in [0.29, 0.717) is 0 Å². The second-order valence-electron chi connectivity index (χ2n) is 8.17. The molecule has 0 atom stereocenters. The molecule has 2 aromatic carbocycles. The lowest BCUT2D eigenvalue weighted by atomic mass is 10.2. The van der Waals surface area contributed by atoms with Crippen molar-refractivity contribution < 1.29 is 0 Å². The summed E-state index contributed by atoms with van der Waals surface area (Å²) < 4.78 is 0. The van der Waals surface area contributed by atoms with Crippen LogP contribution < -0.4 is 19.6 Å². The highest BCUT2D eigenvalue weighted by Crippen LogP contribution is 2.34. The van der Waals surface area contributed by atoms with Crippen molar-refractivity contribution in [2.24, 2.45) is 0 Å². The van der Waals surface area contributed by atoms with Gasteiger partial charge in [-0.25, -0.2) is 9.97 Å². The average Bonchev–Trinajstić information content (AvgIpc) is 2.88. The molecular formula is C27H28N6. The molecule has 0 aliphatic carbocycles. The van der Waals surface area contributed by atoms with E-state index in [1.807, 2.05) is 43.3 Å². The summed E-state index contributed by atoms with van der Waals surface area (Å²) in [7, 11) is 6.16. The molecule has 8 bridgehead atoms. The molecule has 0 saturated carbocycles. The normalized spacial score (nSPS) is 13.3. The molecule has 0 spiro atoms. The van der Waals surface area contributed by atoms with Crippen LogP contribution in [0.3, 0.4) is 0 Å². The standard InChI is InChI=1S/C27H28N6/c1-5-33-23-13-7-11-21(19-23)30(2)20-10-6-12-22(18-20)31(3)24-14-8-15-25(28-24)32(4)26-16-9-17-27(33)29-26/h6-19H,5H2,1-4H3. The summed E-state index contributed by atoms with van der Waals surface area (Å²) in [5, 5.41) is 0. The van der Waals surface area contributed by atoms with Crippen LogP contribution in [0.1, 0.15) is 6.92 Å². The number of anilines is 8. The largest absolute Gasteiger partial charge is 0.344 e. The molecule has 6 nitrogen and oxygen atoms in total. The zero-order chi connectivity index (χ0) is 22.9. The maximum Gasteiger partial charge on any atom is 0.136 e. The summed E-state index contributed by atoms with van der Waals surface area (Å²) in [6.07, 6.45) is 0. The summed E-state index contributed by atoms with van der Waals surface area (Å²) in [6, 6.07) is 29.3. The molecule has 1 aliphatic rings. The van der Waals surface area contributed by atoms with Crippen molar-refractivity contribution in [1.29, 1.82) is 0 Å². The van der Waals surface area contributed by atoms with Gasteiger partial charge >= 0.3 is 0 Å². The molecule has 0 N–H and O–H groups in total. The predicted octanol–water partition coefficient (Wildman–Crippen LogP) is 6.25. The van der Waals surface area contributed by atoms with Crippen LogP contribution in [0.4, 0.5) is 46.0 Å². The molecule has 1 aliphatic heterocycles. The van der Waals surface area contributed by atoms with E-state index in [4.69, 9.17) is 9.97 Å². The molecule has 2 aromatic heterocycles. The van der Waals surface area contributed by atoms with Gasteiger partial charge in [-0.05, 0) is 67.6 Å². The van der Waals surface area contributed by atoms with Crippen molar-refractivity contribution in [3.05, 3.63) is 84.9 Å². The molecule has 5 rings (SSSR count). The van der Waals surface area contributed by atoms with Crippen molar-refractivity contribution in [3.8, 4) is 0 Å². The average molecular weight is 437 g/mol. The number of fused-ring (bicyclic) bond motifs is 8. The van der Waals surface area contributed by atoms with Gasteiger partial charge in [0.15, 0.2) is 0 Å². The van der Waals surface area contributed by atoms with Crippen LogP contribution in [-0.2, 0) is 0 Å². The van der Waals surface area contributed by atoms with Crippen LogP contribution >= 0.6 is 0 Å². The van der Waals surface area contributed by atoms with Crippen LogP contribution in [0, 0.1) is 0 Å². The van der Waals surface area contributed by atoms with E-state index in [-0.39, 0.29) is 0 Å². The van der Waals surface area contributed by atoms with Gasteiger partial charge in [0, 0.05) is 50.4 Å². The summed E-state index contributed by atoms with van der Waals surface area (Å²) in [5.74, 6) is 3.47. The highest BCUT2D eigenvalue weighted by Gasteiger charge is 2.16. The molecular weight excluding hydrogens is 408 g/mol. The molecule has 3 heterocycles. The van der Waals surface area contributed by atoms with Gasteiger partial charge in [-0.15, -0.1) is 0 Å². The van der Waals surface area contributed by atoms with Crippen LogP contribution in [0.15, 0.2) is 84.9 Å². The van der Waals surface area contributed by atoms with Crippen LogP contribution in [0.5, 0.6) is 0 Å². The minimum Gasteiger partial charge on any atom is -0.344 e. The Morgan fingerprint density at radius 2 is 0.939 bits per heavy atom. The Hall–Kier alpha value is -4.06. The van der Waals surface area contributed by atoms with Crippen LogP contribution in [-0.4, -0.2) is 37.7 Å². The zero-order valence-electron chi connectivity index (χ0n) is 19.5. The fourth-order valence-corrected chi connectivity index (χ4v) is 4.19. The third-order valence-corrected chi connectivity index (χ3v) is 6.20. The summed E-state index contributed by atoms with van der Waals surface area (Å²) in [4.78, 5) is 18.5. The number of hydrogen-bond acceptors (Lipinski definition) is 6. The fraction of sp³-hybridized carbons (Fsp3) is 0.185. The number of aromatic nitrogens is 2. The molecule has 0 radical (unpaired) electrons. The molecule has 166 valence electrons. The van der Waals surface area contributed by atoms with Crippen molar-refractivity contribution in [3.63, 3.8) is 0 Å². The Morgan fingerprint density at radius 1 is 0.515 bits per heavy atom. The third kappa shape index (κ3) is 3.84. The molecule has 0 amide bonds. The number of pyridine rings is 2. The molecule has 6 heteroatoms. The summed E-state index contributed by atoms with van der Waals surface area (Å²) >= 11 is 0. The van der Waals surface area contributed by atoms with Gasteiger partial charge < -0.3 is 19.6 Å². The van der Waals surface area contributed by atoms with Gasteiger partial charge in [-0.1, -0.05) is 24.3 Å². The van der Waals surface area contributed by atoms with E-state index >= 15 is 0 Å². The van der Waals surface area contributed by atoms with E-state index in [9.17, 15) is 0 Å². The van der Waals surface area contributed by atoms with E-state index in [1.165, 1.54) is 0 Å². The minimum atomic E-state index is 0.807. The fourth-order valence-electron chi connectivity index (χ4n) is 4.19. The Morgan fingerprint density at radius 3 is 1.55 bits per heavy atom. The molecule has 4 aromatic rings. The van der Waals surface area contributed by atoms with Crippen molar-refractivity contribution in [2.45, 2.75) is 6.92 Å². The lowest BCUT2D eigenvalue weighted by Gasteiger charge is -2.28. The first-order chi connectivity index (χ1) is 16.0. The third-order valence-electron chi connectivity index (χ3n) is 6.20. The maximum atomic E-state index is 4.99. The summed E-state index contributed by atoms with van der Waals surface area (Å²) in [6.45, 7) is 2.96. The van der Waals surface area contributed by atoms with Gasteiger partial charge in [-0.2, -0.15) is 0 Å². The Kier molecular flexibility index (Phi) is 5.34. The first-order valence-electron chi connectivity index (χ1n) is 11.2. The molecule has 0 unspecified atom stereocenters. The van der Waals surface area contributed by atoms with Crippen LogP contribution in [0.25, 0.3) is 0 Å². The van der Waals surface area contributed by atoms with Gasteiger partial charge in [0.25, 0.3) is 0 Å². The first kappa shape index (κ1) is 20.8. The molecule has 0 saturated heterocycles. The van der Waals surface area contributed by atoms with Gasteiger partial charge in [-0.3, -0.25) is 0 Å². The SMILES string of the molecule is CCN1c2cccc(c2)N(C)c2cccc(c2)N(C)c2cccc(n2)N(C)c2cccc1n2. The van der Waals surface area contributed by atoms with Gasteiger partial charge in [0.05, 0.1) is 0 Å². The minimum absolute atomic E-state index is 0.807. The van der Waals surface area contributed by atoms with Gasteiger partial charge in [0.1, 0.15) is 23.3 Å². The quantitative estimate of drug-likeness (QED) is 0.351. The molecule has 33 heavy (non-hydrogen) atoms. The summed E-state index contributed by atoms with van der Waals surface area (Å²) in [5.41, 5.74) is 4.41. The number of nitrogens with zero attached hydrogens (tertiary/aromatic N) is 6. The smallest absolute Gasteiger partial charge is 0.136 e. The predicted molar refractivity (Wildman–Crippen MR) is 138 cm³/mol. The maximum absolute atomic E-state index is 4.99. The van der Waals surface area contributed by atoms with Crippen molar-refractivity contribution >= 4 is 46.0 Å². The number of benzene rings is 2. The lowest BCUT2D eigenvalue weighted by Crippen LogP contribution is -2.21. The Labute approximate surface area is 195 Å². The van der Waals surface area contributed by atoms with Crippen molar-refractivity contribution in [2.75, 3.05) is 47.3 Å². The lowest BCUT2D eigenvalue weighted by molar-refractivity contribution is 0.975. The van der Waals surface area contributed by atoms with Crippen molar-refractivity contribution in [1.82, 2.24) is 9.97 Å². The zero-order valence-corrected chi connectivity index (χ0v) is 19.5. The van der Waals surface area contributed by atoms with E-state index in [1.54, 1.807) is 0 Å². The van der Waals surface area contributed by atoms with E-state index < -0.39 is 0 Å². The molecule has 0 fully saturated rings. The van der Waals surface area contributed by atoms with E-state index in [2.05, 4.69) is 89.3 Å². The second kappa shape index (κ2) is 8.47. The highest BCUT2D eigenvalue weighted by molar-refractivity contribution is 5.74. The number of rotatable bonds is 1. The Balaban J connectivity index is 1.73. The highest BCUT2D eigenvalue weighted by atomic mass is 15.3. The second-order valence-corrected chi connectivity index (χ2v) is 8.17. The van der Waals surface area contributed by atoms with E-state index in [0.717, 1.165) is 52.6 Å². The van der Waals surface area contributed by atoms with Gasteiger partial charge in [0.2, 0.25) is 0 Å². The topological polar surface area (TPSA) is 38.7 Å². The monoisotopic (exact) mass is 436 g/mol. The number of hydrogen-bond donors (Lipinski definition) is 0.